The second-order valence-corrected chi connectivity index (χ2v) is 10.9. The first-order chi connectivity index (χ1) is 14.5. The number of esters is 2. The van der Waals surface area contributed by atoms with Crippen LogP contribution in [0.5, 0.6) is 0 Å². The highest BCUT2D eigenvalue weighted by molar-refractivity contribution is 5.92. The zero-order valence-electron chi connectivity index (χ0n) is 20.1. The first-order valence-corrected chi connectivity index (χ1v) is 11.1. The molecule has 8 heteroatoms. The van der Waals surface area contributed by atoms with Crippen LogP contribution in [0.25, 0.3) is 0 Å². The SMILES string of the molecule is C=C[C@@]1(C)CC(=O)[C@]2(O)[C@@]3(C)C(O)CCC(C)(C)[C@@H]3C(OC(C)=O)C(OC(C)=O)[C@@]2(C)O1. The summed E-state index contributed by atoms with van der Waals surface area (Å²) < 4.78 is 17.8. The van der Waals surface area contributed by atoms with E-state index in [0.717, 1.165) is 0 Å². The van der Waals surface area contributed by atoms with Gasteiger partial charge < -0.3 is 24.4 Å². The molecule has 0 spiro atoms. The van der Waals surface area contributed by atoms with E-state index < -0.39 is 69.6 Å². The third-order valence-corrected chi connectivity index (χ3v) is 8.30. The number of carbonyl (C=O) groups excluding carboxylic acids is 3. The summed E-state index contributed by atoms with van der Waals surface area (Å²) in [5.41, 5.74) is -7.21. The van der Waals surface area contributed by atoms with Crippen LogP contribution in [0.2, 0.25) is 0 Å². The summed E-state index contributed by atoms with van der Waals surface area (Å²) in [6, 6.07) is 0. The van der Waals surface area contributed by atoms with E-state index in [0.29, 0.717) is 12.8 Å². The van der Waals surface area contributed by atoms with Gasteiger partial charge in [0.2, 0.25) is 0 Å². The first-order valence-electron chi connectivity index (χ1n) is 11.1. The Labute approximate surface area is 189 Å². The summed E-state index contributed by atoms with van der Waals surface area (Å²) in [5, 5.41) is 23.6. The number of rotatable bonds is 3. The van der Waals surface area contributed by atoms with Crippen molar-refractivity contribution in [1.82, 2.24) is 0 Å². The predicted octanol–water partition coefficient (Wildman–Crippen LogP) is 2.09. The smallest absolute Gasteiger partial charge is 0.303 e. The quantitative estimate of drug-likeness (QED) is 0.493. The molecule has 3 rings (SSSR count). The van der Waals surface area contributed by atoms with E-state index in [1.165, 1.54) is 26.8 Å². The molecular formula is C24H36O8. The summed E-state index contributed by atoms with van der Waals surface area (Å²) in [4.78, 5) is 38.2. The van der Waals surface area contributed by atoms with Gasteiger partial charge >= 0.3 is 11.9 Å². The predicted molar refractivity (Wildman–Crippen MR) is 114 cm³/mol. The number of hydrogen-bond donors (Lipinski definition) is 2. The zero-order valence-corrected chi connectivity index (χ0v) is 20.1. The molecule has 1 aliphatic heterocycles. The van der Waals surface area contributed by atoms with E-state index in [-0.39, 0.29) is 6.42 Å². The molecule has 3 unspecified atom stereocenters. The second-order valence-electron chi connectivity index (χ2n) is 10.9. The van der Waals surface area contributed by atoms with Crippen LogP contribution in [0.3, 0.4) is 0 Å². The van der Waals surface area contributed by atoms with Gasteiger partial charge in [-0.05, 0) is 32.1 Å². The molecule has 2 aliphatic carbocycles. The Hall–Kier alpha value is -1.77. The summed E-state index contributed by atoms with van der Waals surface area (Å²) in [6.45, 7) is 14.9. The molecule has 8 nitrogen and oxygen atoms in total. The Morgan fingerprint density at radius 2 is 1.69 bits per heavy atom. The van der Waals surface area contributed by atoms with Crippen LogP contribution in [0.15, 0.2) is 12.7 Å². The van der Waals surface area contributed by atoms with Crippen molar-refractivity contribution in [1.29, 1.82) is 0 Å². The van der Waals surface area contributed by atoms with E-state index in [4.69, 9.17) is 14.2 Å². The van der Waals surface area contributed by atoms with Crippen molar-refractivity contribution >= 4 is 17.7 Å². The van der Waals surface area contributed by atoms with Crippen molar-refractivity contribution in [2.24, 2.45) is 16.7 Å². The largest absolute Gasteiger partial charge is 0.458 e. The minimum Gasteiger partial charge on any atom is -0.458 e. The summed E-state index contributed by atoms with van der Waals surface area (Å²) in [6.07, 6.45) is -1.22. The molecule has 0 aromatic carbocycles. The summed E-state index contributed by atoms with van der Waals surface area (Å²) >= 11 is 0. The van der Waals surface area contributed by atoms with Crippen molar-refractivity contribution in [3.05, 3.63) is 12.7 Å². The van der Waals surface area contributed by atoms with Crippen LogP contribution >= 0.6 is 0 Å². The maximum atomic E-state index is 13.8. The van der Waals surface area contributed by atoms with Gasteiger partial charge in [-0.15, -0.1) is 6.58 Å². The lowest BCUT2D eigenvalue weighted by Gasteiger charge is -2.71. The second kappa shape index (κ2) is 7.37. The van der Waals surface area contributed by atoms with Crippen LogP contribution in [-0.4, -0.2) is 63.0 Å². The van der Waals surface area contributed by atoms with Crippen LogP contribution in [0.1, 0.15) is 67.7 Å². The van der Waals surface area contributed by atoms with E-state index in [1.54, 1.807) is 13.8 Å². The number of fused-ring (bicyclic) bond motifs is 3. The van der Waals surface area contributed by atoms with Gasteiger partial charge in [0.25, 0.3) is 0 Å². The highest BCUT2D eigenvalue weighted by Gasteiger charge is 2.82. The molecule has 3 fully saturated rings. The van der Waals surface area contributed by atoms with Gasteiger partial charge in [0.1, 0.15) is 11.7 Å². The highest BCUT2D eigenvalue weighted by Crippen LogP contribution is 2.67. The van der Waals surface area contributed by atoms with Gasteiger partial charge in [0.05, 0.1) is 11.7 Å². The maximum Gasteiger partial charge on any atom is 0.303 e. The minimum absolute atomic E-state index is 0.164. The van der Waals surface area contributed by atoms with Crippen molar-refractivity contribution in [2.45, 2.75) is 103 Å². The Kier molecular flexibility index (Phi) is 5.72. The van der Waals surface area contributed by atoms with Gasteiger partial charge in [-0.3, -0.25) is 14.4 Å². The standard InChI is InChI=1S/C24H36O8/c1-9-21(6)12-16(28)24(29)22(7)15(27)10-11-20(4,5)18(22)17(30-13(2)25)19(31-14(3)26)23(24,8)32-21/h9,15,17-19,27,29H,1,10-12H2,2-8H3/t15?,17?,18-,19?,21-,22-,23+,24-/m0/s1. The molecule has 1 heterocycles. The number of ketones is 1. The normalized spacial score (nSPS) is 47.6. The van der Waals surface area contributed by atoms with Crippen molar-refractivity contribution in [2.75, 3.05) is 0 Å². The number of aliphatic hydroxyl groups is 2. The van der Waals surface area contributed by atoms with E-state index >= 15 is 0 Å². The van der Waals surface area contributed by atoms with Crippen LogP contribution in [0.4, 0.5) is 0 Å². The third-order valence-electron chi connectivity index (χ3n) is 8.30. The Bertz CT molecular complexity index is 851. The molecule has 0 amide bonds. The molecular weight excluding hydrogens is 416 g/mol. The van der Waals surface area contributed by atoms with E-state index in [2.05, 4.69) is 6.58 Å². The monoisotopic (exact) mass is 452 g/mol. The third kappa shape index (κ3) is 3.10. The highest BCUT2D eigenvalue weighted by atomic mass is 16.6. The molecule has 3 aliphatic rings. The molecule has 0 aromatic heterocycles. The fourth-order valence-electron chi connectivity index (χ4n) is 6.93. The van der Waals surface area contributed by atoms with E-state index in [1.807, 2.05) is 13.8 Å². The lowest BCUT2D eigenvalue weighted by atomic mass is 9.39. The van der Waals surface area contributed by atoms with Gasteiger partial charge in [0.15, 0.2) is 17.5 Å². The molecule has 0 aromatic rings. The number of hydrogen-bond acceptors (Lipinski definition) is 8. The zero-order chi connectivity index (χ0) is 24.5. The van der Waals surface area contributed by atoms with Crippen molar-refractivity contribution in [3.8, 4) is 0 Å². The summed E-state index contributed by atoms with van der Waals surface area (Å²) in [5.74, 6) is -2.51. The van der Waals surface area contributed by atoms with Gasteiger partial charge in [-0.25, -0.2) is 0 Å². The van der Waals surface area contributed by atoms with Crippen molar-refractivity contribution in [3.63, 3.8) is 0 Å². The number of carbonyl (C=O) groups is 3. The molecule has 2 saturated carbocycles. The van der Waals surface area contributed by atoms with Crippen LogP contribution < -0.4 is 0 Å². The molecule has 8 atom stereocenters. The molecule has 2 N–H and O–H groups in total. The maximum absolute atomic E-state index is 13.8. The average Bonchev–Trinajstić information content (AvgIpc) is 2.65. The van der Waals surface area contributed by atoms with Crippen LogP contribution in [-0.2, 0) is 28.6 Å². The molecule has 180 valence electrons. The van der Waals surface area contributed by atoms with Crippen LogP contribution in [0, 0.1) is 16.7 Å². The van der Waals surface area contributed by atoms with E-state index in [9.17, 15) is 24.6 Å². The minimum atomic E-state index is -2.22. The molecule has 0 bridgehead atoms. The lowest BCUT2D eigenvalue weighted by Crippen LogP contribution is -2.87. The van der Waals surface area contributed by atoms with Crippen molar-refractivity contribution < 1.29 is 38.8 Å². The number of aliphatic hydroxyl groups excluding tert-OH is 1. The Morgan fingerprint density at radius 3 is 2.19 bits per heavy atom. The summed E-state index contributed by atoms with van der Waals surface area (Å²) in [7, 11) is 0. The van der Waals surface area contributed by atoms with Gasteiger partial charge in [-0.2, -0.15) is 0 Å². The first kappa shape index (κ1) is 24.9. The molecule has 0 radical (unpaired) electrons. The molecule has 1 saturated heterocycles. The fourth-order valence-corrected chi connectivity index (χ4v) is 6.93. The average molecular weight is 453 g/mol. The fraction of sp³-hybridized carbons (Fsp3) is 0.792. The molecule has 32 heavy (non-hydrogen) atoms. The Balaban J connectivity index is 2.39. The number of Topliss-reactive ketones (excluding diaryl/α,β-unsaturated/α-hetero) is 1. The Morgan fingerprint density at radius 1 is 1.12 bits per heavy atom. The van der Waals surface area contributed by atoms with Gasteiger partial charge in [0, 0.05) is 31.6 Å². The lowest BCUT2D eigenvalue weighted by molar-refractivity contribution is -0.370. The van der Waals surface area contributed by atoms with Gasteiger partial charge in [-0.1, -0.05) is 26.8 Å². The topological polar surface area (TPSA) is 119 Å². The number of ether oxygens (including phenoxy) is 3.